The number of methoxy groups -OCH3 is 1. The van der Waals surface area contributed by atoms with E-state index in [9.17, 15) is 0 Å². The Morgan fingerprint density at radius 3 is 2.81 bits per heavy atom. The number of nitrogens with zero attached hydrogens (tertiary/aromatic N) is 2. The zero-order valence-electron chi connectivity index (χ0n) is 14.7. The molecule has 1 aliphatic rings. The highest BCUT2D eigenvalue weighted by atomic mass is 16.6. The minimum Gasteiger partial charge on any atom is -0.493 e. The number of ether oxygens (including phenoxy) is 3. The summed E-state index contributed by atoms with van der Waals surface area (Å²) < 4.78 is 17.3. The molecular weight excluding hydrogens is 342 g/mol. The summed E-state index contributed by atoms with van der Waals surface area (Å²) in [5, 5.41) is 0. The second-order valence-corrected chi connectivity index (χ2v) is 6.29. The predicted octanol–water partition coefficient (Wildman–Crippen LogP) is 4.15. The van der Waals surface area contributed by atoms with Gasteiger partial charge in [-0.1, -0.05) is 12.1 Å². The molecule has 1 aliphatic heterocycles. The number of imidazole rings is 1. The first-order valence-electron chi connectivity index (χ1n) is 8.68. The number of hydrogen-bond donors (Lipinski definition) is 1. The first-order chi connectivity index (χ1) is 13.3. The number of benzene rings is 2. The molecule has 5 rings (SSSR count). The van der Waals surface area contributed by atoms with Gasteiger partial charge in [-0.15, -0.1) is 0 Å². The molecule has 1 atom stereocenters. The fourth-order valence-corrected chi connectivity index (χ4v) is 3.27. The first-order valence-corrected chi connectivity index (χ1v) is 8.68. The Morgan fingerprint density at radius 1 is 1.07 bits per heavy atom. The number of hydrogen-bond acceptors (Lipinski definition) is 5. The van der Waals surface area contributed by atoms with Gasteiger partial charge in [-0.05, 0) is 47.5 Å². The van der Waals surface area contributed by atoms with Gasteiger partial charge in [0.05, 0.1) is 18.1 Å². The van der Waals surface area contributed by atoms with Crippen LogP contribution in [0.4, 0.5) is 0 Å². The van der Waals surface area contributed by atoms with Crippen LogP contribution in [-0.4, -0.2) is 28.7 Å². The number of aromatic amines is 1. The third-order valence-electron chi connectivity index (χ3n) is 4.63. The van der Waals surface area contributed by atoms with Crippen molar-refractivity contribution in [3.63, 3.8) is 0 Å². The standard InChI is InChI=1S/C21H17N3O3/c1-25-17-3-2-4-18-20(17)26-12-19(27-18)21-23-15-6-5-14(11-16(15)24-21)13-7-9-22-10-8-13/h2-11,19H,12H2,1H3,(H,23,24). The molecule has 4 aromatic rings. The van der Waals surface area contributed by atoms with E-state index in [0.29, 0.717) is 23.9 Å². The van der Waals surface area contributed by atoms with Gasteiger partial charge < -0.3 is 19.2 Å². The molecule has 0 bridgehead atoms. The molecule has 2 aromatic heterocycles. The molecule has 0 saturated carbocycles. The van der Waals surface area contributed by atoms with Gasteiger partial charge in [-0.2, -0.15) is 0 Å². The lowest BCUT2D eigenvalue weighted by Gasteiger charge is -2.26. The van der Waals surface area contributed by atoms with E-state index in [-0.39, 0.29) is 6.10 Å². The quantitative estimate of drug-likeness (QED) is 0.595. The number of para-hydroxylation sites is 1. The van der Waals surface area contributed by atoms with Crippen molar-refractivity contribution in [3.8, 4) is 28.4 Å². The summed E-state index contributed by atoms with van der Waals surface area (Å²) in [6, 6.07) is 15.7. The van der Waals surface area contributed by atoms with Gasteiger partial charge in [0.25, 0.3) is 0 Å². The number of H-pyrrole nitrogens is 1. The number of pyridine rings is 1. The summed E-state index contributed by atoms with van der Waals surface area (Å²) in [6.07, 6.45) is 3.27. The molecule has 0 spiro atoms. The van der Waals surface area contributed by atoms with Crippen LogP contribution in [0, 0.1) is 0 Å². The SMILES string of the molecule is COc1cccc2c1OCC(c1nc3cc(-c4ccncc4)ccc3[nH]1)O2. The molecule has 6 heteroatoms. The van der Waals surface area contributed by atoms with Gasteiger partial charge in [-0.3, -0.25) is 4.98 Å². The van der Waals surface area contributed by atoms with Crippen LogP contribution in [-0.2, 0) is 0 Å². The molecule has 0 fully saturated rings. The van der Waals surface area contributed by atoms with E-state index in [1.54, 1.807) is 19.5 Å². The monoisotopic (exact) mass is 359 g/mol. The second-order valence-electron chi connectivity index (χ2n) is 6.29. The highest BCUT2D eigenvalue weighted by Gasteiger charge is 2.27. The summed E-state index contributed by atoms with van der Waals surface area (Å²) in [4.78, 5) is 12.1. The van der Waals surface area contributed by atoms with E-state index in [0.717, 1.165) is 28.0 Å². The smallest absolute Gasteiger partial charge is 0.203 e. The average Bonchev–Trinajstić information content (AvgIpc) is 3.17. The van der Waals surface area contributed by atoms with Crippen molar-refractivity contribution in [2.45, 2.75) is 6.10 Å². The van der Waals surface area contributed by atoms with E-state index in [1.807, 2.05) is 36.4 Å². The Labute approximate surface area is 155 Å². The molecule has 3 heterocycles. The highest BCUT2D eigenvalue weighted by molar-refractivity contribution is 5.82. The average molecular weight is 359 g/mol. The molecular formula is C21H17N3O3. The number of nitrogens with one attached hydrogen (secondary N) is 1. The maximum absolute atomic E-state index is 6.10. The van der Waals surface area contributed by atoms with Gasteiger partial charge in [0.15, 0.2) is 23.4 Å². The topological polar surface area (TPSA) is 69.3 Å². The third kappa shape index (κ3) is 2.75. The molecule has 27 heavy (non-hydrogen) atoms. The van der Waals surface area contributed by atoms with Crippen molar-refractivity contribution in [3.05, 3.63) is 66.7 Å². The first kappa shape index (κ1) is 15.7. The third-order valence-corrected chi connectivity index (χ3v) is 4.63. The zero-order valence-corrected chi connectivity index (χ0v) is 14.7. The fourth-order valence-electron chi connectivity index (χ4n) is 3.27. The van der Waals surface area contributed by atoms with Gasteiger partial charge in [0, 0.05) is 12.4 Å². The lowest BCUT2D eigenvalue weighted by atomic mass is 10.1. The van der Waals surface area contributed by atoms with Crippen LogP contribution in [0.2, 0.25) is 0 Å². The minimum atomic E-state index is -0.304. The van der Waals surface area contributed by atoms with E-state index >= 15 is 0 Å². The van der Waals surface area contributed by atoms with Crippen LogP contribution in [0.25, 0.3) is 22.2 Å². The maximum Gasteiger partial charge on any atom is 0.203 e. The van der Waals surface area contributed by atoms with Crippen molar-refractivity contribution < 1.29 is 14.2 Å². The van der Waals surface area contributed by atoms with Crippen molar-refractivity contribution in [2.75, 3.05) is 13.7 Å². The molecule has 0 aliphatic carbocycles. The molecule has 0 saturated heterocycles. The number of aromatic nitrogens is 3. The number of fused-ring (bicyclic) bond motifs is 2. The minimum absolute atomic E-state index is 0.304. The Hall–Kier alpha value is -3.54. The van der Waals surface area contributed by atoms with Gasteiger partial charge in [0.2, 0.25) is 5.75 Å². The Bertz CT molecular complexity index is 1110. The molecule has 2 aromatic carbocycles. The summed E-state index contributed by atoms with van der Waals surface area (Å²) in [7, 11) is 1.62. The Kier molecular flexibility index (Phi) is 3.67. The lowest BCUT2D eigenvalue weighted by Crippen LogP contribution is -2.22. The predicted molar refractivity (Wildman–Crippen MR) is 101 cm³/mol. The maximum atomic E-state index is 6.10. The van der Waals surface area contributed by atoms with Crippen molar-refractivity contribution in [1.82, 2.24) is 15.0 Å². The molecule has 6 nitrogen and oxygen atoms in total. The van der Waals surface area contributed by atoms with Crippen molar-refractivity contribution in [1.29, 1.82) is 0 Å². The summed E-state index contributed by atoms with van der Waals surface area (Å²) in [5.41, 5.74) is 4.05. The lowest BCUT2D eigenvalue weighted by molar-refractivity contribution is 0.0827. The van der Waals surface area contributed by atoms with E-state index in [1.165, 1.54) is 0 Å². The van der Waals surface area contributed by atoms with Gasteiger partial charge in [0.1, 0.15) is 6.61 Å². The van der Waals surface area contributed by atoms with Crippen LogP contribution in [0.15, 0.2) is 60.9 Å². The molecule has 1 unspecified atom stereocenters. The number of rotatable bonds is 3. The largest absolute Gasteiger partial charge is 0.493 e. The van der Waals surface area contributed by atoms with Crippen molar-refractivity contribution in [2.24, 2.45) is 0 Å². The van der Waals surface area contributed by atoms with Crippen LogP contribution >= 0.6 is 0 Å². The fraction of sp³-hybridized carbons (Fsp3) is 0.143. The van der Waals surface area contributed by atoms with Gasteiger partial charge in [-0.25, -0.2) is 4.98 Å². The van der Waals surface area contributed by atoms with E-state index < -0.39 is 0 Å². The molecule has 0 radical (unpaired) electrons. The van der Waals surface area contributed by atoms with Crippen LogP contribution in [0.5, 0.6) is 17.2 Å². The summed E-state index contributed by atoms with van der Waals surface area (Å²) in [5.74, 6) is 2.69. The summed E-state index contributed by atoms with van der Waals surface area (Å²) >= 11 is 0. The van der Waals surface area contributed by atoms with Crippen LogP contribution in [0.3, 0.4) is 0 Å². The van der Waals surface area contributed by atoms with Crippen LogP contribution < -0.4 is 14.2 Å². The highest BCUT2D eigenvalue weighted by Crippen LogP contribution is 2.42. The van der Waals surface area contributed by atoms with E-state index in [4.69, 9.17) is 19.2 Å². The van der Waals surface area contributed by atoms with Crippen molar-refractivity contribution >= 4 is 11.0 Å². The molecule has 1 N–H and O–H groups in total. The molecule has 0 amide bonds. The Balaban J connectivity index is 1.47. The zero-order chi connectivity index (χ0) is 18.2. The van der Waals surface area contributed by atoms with Crippen LogP contribution in [0.1, 0.15) is 11.9 Å². The summed E-state index contributed by atoms with van der Waals surface area (Å²) in [6.45, 7) is 0.365. The van der Waals surface area contributed by atoms with Gasteiger partial charge >= 0.3 is 0 Å². The Morgan fingerprint density at radius 2 is 1.96 bits per heavy atom. The normalized spacial score (nSPS) is 15.7. The molecule has 134 valence electrons. The van der Waals surface area contributed by atoms with E-state index in [2.05, 4.69) is 22.1 Å². The second kappa shape index (κ2) is 6.32.